The van der Waals surface area contributed by atoms with Gasteiger partial charge >= 0.3 is 0 Å². The monoisotopic (exact) mass is 335 g/mol. The maximum absolute atomic E-state index is 13.4. The first-order valence-electron chi connectivity index (χ1n) is 5.05. The Labute approximate surface area is 115 Å². The van der Waals surface area contributed by atoms with Crippen LogP contribution in [-0.2, 0) is 4.79 Å². The molecule has 1 atom stereocenters. The molecular formula is C11H8BrClFNO3. The van der Waals surface area contributed by atoms with Crippen molar-refractivity contribution in [3.8, 4) is 0 Å². The number of fused-ring (bicyclic) bond motifs is 1. The summed E-state index contributed by atoms with van der Waals surface area (Å²) >= 11 is 8.63. The molecule has 0 fully saturated rings. The van der Waals surface area contributed by atoms with Crippen molar-refractivity contribution in [3.05, 3.63) is 28.5 Å². The number of alkyl halides is 1. The SMILES string of the molecule is O=C1C(=O)N(CC(O)CBr)c2cc(F)c(Cl)cc21. The van der Waals surface area contributed by atoms with E-state index in [4.69, 9.17) is 11.6 Å². The van der Waals surface area contributed by atoms with Gasteiger partial charge in [-0.15, -0.1) is 0 Å². The Morgan fingerprint density at radius 2 is 2.11 bits per heavy atom. The van der Waals surface area contributed by atoms with Crippen LogP contribution in [0.3, 0.4) is 0 Å². The second kappa shape index (κ2) is 4.95. The molecule has 1 aromatic rings. The molecule has 0 aromatic heterocycles. The van der Waals surface area contributed by atoms with Gasteiger partial charge in [-0.2, -0.15) is 0 Å². The van der Waals surface area contributed by atoms with Crippen molar-refractivity contribution < 1.29 is 19.1 Å². The molecule has 1 aliphatic rings. The van der Waals surface area contributed by atoms with Crippen LogP contribution in [0, 0.1) is 5.82 Å². The topological polar surface area (TPSA) is 57.6 Å². The maximum atomic E-state index is 13.4. The highest BCUT2D eigenvalue weighted by Crippen LogP contribution is 2.33. The van der Waals surface area contributed by atoms with Crippen molar-refractivity contribution >= 4 is 44.9 Å². The number of aliphatic hydroxyl groups excluding tert-OH is 1. The number of nitrogens with zero attached hydrogens (tertiary/aromatic N) is 1. The van der Waals surface area contributed by atoms with E-state index in [0.717, 1.165) is 17.0 Å². The van der Waals surface area contributed by atoms with E-state index in [1.807, 2.05) is 0 Å². The van der Waals surface area contributed by atoms with Gasteiger partial charge in [0, 0.05) is 5.33 Å². The van der Waals surface area contributed by atoms with Gasteiger partial charge in [0.05, 0.1) is 28.9 Å². The highest BCUT2D eigenvalue weighted by Gasteiger charge is 2.37. The number of hydrogen-bond donors (Lipinski definition) is 1. The molecule has 0 spiro atoms. The summed E-state index contributed by atoms with van der Waals surface area (Å²) in [7, 11) is 0. The molecule has 2 rings (SSSR count). The van der Waals surface area contributed by atoms with E-state index < -0.39 is 23.6 Å². The molecule has 1 aromatic carbocycles. The van der Waals surface area contributed by atoms with Crippen LogP contribution in [0.2, 0.25) is 5.02 Å². The molecule has 7 heteroatoms. The second-order valence-corrected chi connectivity index (χ2v) is 4.89. The molecular weight excluding hydrogens is 328 g/mol. The van der Waals surface area contributed by atoms with E-state index in [1.165, 1.54) is 0 Å². The van der Waals surface area contributed by atoms with Crippen LogP contribution in [-0.4, -0.2) is 34.8 Å². The summed E-state index contributed by atoms with van der Waals surface area (Å²) in [5.74, 6) is -2.24. The molecule has 1 unspecified atom stereocenters. The van der Waals surface area contributed by atoms with E-state index >= 15 is 0 Å². The van der Waals surface area contributed by atoms with E-state index in [2.05, 4.69) is 15.9 Å². The number of amides is 1. The third kappa shape index (κ3) is 2.15. The predicted molar refractivity (Wildman–Crippen MR) is 67.9 cm³/mol. The Morgan fingerprint density at radius 1 is 1.44 bits per heavy atom. The van der Waals surface area contributed by atoms with E-state index in [-0.39, 0.29) is 28.1 Å². The van der Waals surface area contributed by atoms with Gasteiger partial charge < -0.3 is 10.0 Å². The lowest BCUT2D eigenvalue weighted by Gasteiger charge is -2.19. The molecule has 0 saturated heterocycles. The molecule has 1 N–H and O–H groups in total. The Bertz CT molecular complexity index is 537. The molecule has 0 aliphatic carbocycles. The molecule has 1 amide bonds. The fourth-order valence-corrected chi connectivity index (χ4v) is 2.10. The Morgan fingerprint density at radius 3 is 2.72 bits per heavy atom. The Balaban J connectivity index is 2.45. The number of halogens is 3. The number of aliphatic hydroxyl groups is 1. The summed E-state index contributed by atoms with van der Waals surface area (Å²) < 4.78 is 13.4. The molecule has 1 aliphatic heterocycles. The highest BCUT2D eigenvalue weighted by atomic mass is 79.9. The molecule has 1 heterocycles. The van der Waals surface area contributed by atoms with E-state index in [9.17, 15) is 19.1 Å². The standard InChI is InChI=1S/C11H8BrClFNO3/c12-3-5(16)4-15-9-2-8(14)7(13)1-6(9)10(17)11(15)18/h1-2,5,16H,3-4H2. The van der Waals surface area contributed by atoms with Crippen molar-refractivity contribution in [2.24, 2.45) is 0 Å². The van der Waals surface area contributed by atoms with Gasteiger partial charge in [0.2, 0.25) is 0 Å². The average molecular weight is 337 g/mol. The summed E-state index contributed by atoms with van der Waals surface area (Å²) in [6.07, 6.45) is -0.841. The lowest BCUT2D eigenvalue weighted by atomic mass is 10.1. The number of rotatable bonds is 3. The van der Waals surface area contributed by atoms with Crippen LogP contribution in [0.15, 0.2) is 12.1 Å². The van der Waals surface area contributed by atoms with Gasteiger partial charge in [-0.05, 0) is 12.1 Å². The summed E-state index contributed by atoms with van der Waals surface area (Å²) in [5.41, 5.74) is 0.208. The van der Waals surface area contributed by atoms with Crippen LogP contribution >= 0.6 is 27.5 Å². The van der Waals surface area contributed by atoms with Gasteiger partial charge in [-0.1, -0.05) is 27.5 Å². The first-order valence-corrected chi connectivity index (χ1v) is 6.55. The van der Waals surface area contributed by atoms with Crippen molar-refractivity contribution in [1.82, 2.24) is 0 Å². The fourth-order valence-electron chi connectivity index (χ4n) is 1.73. The molecule has 96 valence electrons. The number of Topliss-reactive ketones (excluding diaryl/α,β-unsaturated/α-hetero) is 1. The number of hydrogen-bond acceptors (Lipinski definition) is 3. The van der Waals surface area contributed by atoms with Crippen molar-refractivity contribution in [3.63, 3.8) is 0 Å². The van der Waals surface area contributed by atoms with Crippen molar-refractivity contribution in [2.45, 2.75) is 6.10 Å². The van der Waals surface area contributed by atoms with Crippen LogP contribution in [0.4, 0.5) is 10.1 Å². The number of ketones is 1. The minimum Gasteiger partial charge on any atom is -0.390 e. The first-order chi connectivity index (χ1) is 8.45. The number of β-amino-alcohol motifs (C(OH)–C–C–N with tert-alkyl or cyclic N) is 1. The van der Waals surface area contributed by atoms with Gasteiger partial charge in [0.1, 0.15) is 5.82 Å². The summed E-state index contributed by atoms with van der Waals surface area (Å²) in [4.78, 5) is 24.5. The lowest BCUT2D eigenvalue weighted by Crippen LogP contribution is -2.37. The number of carbonyl (C=O) groups excluding carboxylic acids is 2. The van der Waals surface area contributed by atoms with Crippen LogP contribution in [0.1, 0.15) is 10.4 Å². The van der Waals surface area contributed by atoms with Crippen molar-refractivity contribution in [1.29, 1.82) is 0 Å². The van der Waals surface area contributed by atoms with Gasteiger partial charge in [0.15, 0.2) is 0 Å². The summed E-state index contributed by atoms with van der Waals surface area (Å²) in [6, 6.07) is 2.16. The quantitative estimate of drug-likeness (QED) is 0.676. The van der Waals surface area contributed by atoms with Gasteiger partial charge in [-0.3, -0.25) is 9.59 Å². The first kappa shape index (κ1) is 13.5. The van der Waals surface area contributed by atoms with Crippen LogP contribution in [0.25, 0.3) is 0 Å². The largest absolute Gasteiger partial charge is 0.390 e. The van der Waals surface area contributed by atoms with Crippen molar-refractivity contribution in [2.75, 3.05) is 16.8 Å². The minimum absolute atomic E-state index is 0.0631. The van der Waals surface area contributed by atoms with Crippen LogP contribution < -0.4 is 4.90 Å². The molecule has 0 bridgehead atoms. The smallest absolute Gasteiger partial charge is 0.299 e. The van der Waals surface area contributed by atoms with E-state index in [0.29, 0.717) is 0 Å². The minimum atomic E-state index is -0.841. The summed E-state index contributed by atoms with van der Waals surface area (Å²) in [5, 5.41) is 9.54. The third-order valence-electron chi connectivity index (χ3n) is 2.58. The second-order valence-electron chi connectivity index (χ2n) is 3.84. The van der Waals surface area contributed by atoms with Gasteiger partial charge in [-0.25, -0.2) is 4.39 Å². The normalized spacial score (nSPS) is 16.1. The number of anilines is 1. The third-order valence-corrected chi connectivity index (χ3v) is 3.62. The molecule has 0 saturated carbocycles. The van der Waals surface area contributed by atoms with E-state index in [1.54, 1.807) is 0 Å². The maximum Gasteiger partial charge on any atom is 0.299 e. The zero-order chi connectivity index (χ0) is 13.4. The molecule has 18 heavy (non-hydrogen) atoms. The Hall–Kier alpha value is -0.980. The molecule has 0 radical (unpaired) electrons. The van der Waals surface area contributed by atoms with Crippen LogP contribution in [0.5, 0.6) is 0 Å². The Kier molecular flexibility index (Phi) is 3.70. The number of carbonyl (C=O) groups is 2. The average Bonchev–Trinajstić information content (AvgIpc) is 2.56. The predicted octanol–water partition coefficient (Wildman–Crippen LogP) is 1.76. The fraction of sp³-hybridized carbons (Fsp3) is 0.273. The van der Waals surface area contributed by atoms with Gasteiger partial charge in [0.25, 0.3) is 11.7 Å². The lowest BCUT2D eigenvalue weighted by molar-refractivity contribution is -0.114. The highest BCUT2D eigenvalue weighted by molar-refractivity contribution is 9.09. The summed E-state index contributed by atoms with van der Waals surface area (Å²) in [6.45, 7) is -0.0795. The number of benzene rings is 1. The zero-order valence-corrected chi connectivity index (χ0v) is 11.3. The molecule has 4 nitrogen and oxygen atoms in total. The zero-order valence-electron chi connectivity index (χ0n) is 8.99.